The monoisotopic (exact) mass is 192 g/mol. The van der Waals surface area contributed by atoms with Crippen molar-refractivity contribution in [3.05, 3.63) is 29.3 Å². The number of aryl methyl sites for hydroxylation is 1. The molecule has 0 aliphatic carbocycles. The molecule has 0 spiro atoms. The Kier molecular flexibility index (Phi) is 2.73. The van der Waals surface area contributed by atoms with E-state index in [0.717, 1.165) is 37.2 Å². The van der Waals surface area contributed by atoms with Crippen LogP contribution in [0, 0.1) is 0 Å². The number of aliphatic hydroxyl groups excluding tert-OH is 1. The van der Waals surface area contributed by atoms with Gasteiger partial charge in [-0.3, -0.25) is 0 Å². The third kappa shape index (κ3) is 1.75. The Morgan fingerprint density at radius 3 is 3.14 bits per heavy atom. The lowest BCUT2D eigenvalue weighted by molar-refractivity contribution is 0.173. The number of hydrogen-bond donors (Lipinski definition) is 1. The molecule has 14 heavy (non-hydrogen) atoms. The first-order valence-corrected chi connectivity index (χ1v) is 5.25. The van der Waals surface area contributed by atoms with Gasteiger partial charge in [-0.1, -0.05) is 13.0 Å². The minimum atomic E-state index is -0.331. The SMILES string of the molecule is CC[C@@H](O)c1ccc2c(c1)CCCO2. The molecule has 1 aliphatic heterocycles. The van der Waals surface area contributed by atoms with Crippen LogP contribution in [0.2, 0.25) is 0 Å². The van der Waals surface area contributed by atoms with Gasteiger partial charge >= 0.3 is 0 Å². The van der Waals surface area contributed by atoms with Crippen LogP contribution in [0.15, 0.2) is 18.2 Å². The van der Waals surface area contributed by atoms with Crippen LogP contribution in [-0.2, 0) is 6.42 Å². The average molecular weight is 192 g/mol. The second-order valence-electron chi connectivity index (χ2n) is 3.74. The van der Waals surface area contributed by atoms with Crippen molar-refractivity contribution in [2.45, 2.75) is 32.3 Å². The van der Waals surface area contributed by atoms with Gasteiger partial charge in [0, 0.05) is 0 Å². The molecule has 0 saturated heterocycles. The molecule has 1 aliphatic rings. The molecule has 0 bridgehead atoms. The second kappa shape index (κ2) is 4.01. The maximum atomic E-state index is 9.69. The van der Waals surface area contributed by atoms with E-state index in [1.165, 1.54) is 5.56 Å². The van der Waals surface area contributed by atoms with E-state index in [9.17, 15) is 5.11 Å². The Bertz CT molecular complexity index is 320. The van der Waals surface area contributed by atoms with Crippen molar-refractivity contribution in [1.29, 1.82) is 0 Å². The fraction of sp³-hybridized carbons (Fsp3) is 0.500. The molecule has 2 nitrogen and oxygen atoms in total. The summed E-state index contributed by atoms with van der Waals surface area (Å²) in [6.45, 7) is 2.81. The highest BCUT2D eigenvalue weighted by Crippen LogP contribution is 2.28. The molecule has 0 amide bonds. The van der Waals surface area contributed by atoms with Crippen molar-refractivity contribution >= 4 is 0 Å². The Balaban J connectivity index is 2.29. The first kappa shape index (κ1) is 9.53. The minimum Gasteiger partial charge on any atom is -0.493 e. The summed E-state index contributed by atoms with van der Waals surface area (Å²) in [6, 6.07) is 6.00. The van der Waals surface area contributed by atoms with Gasteiger partial charge in [0.1, 0.15) is 5.75 Å². The lowest BCUT2D eigenvalue weighted by atomic mass is 10.00. The molecule has 76 valence electrons. The summed E-state index contributed by atoms with van der Waals surface area (Å²) in [6.07, 6.45) is 2.58. The zero-order chi connectivity index (χ0) is 9.97. The summed E-state index contributed by atoms with van der Waals surface area (Å²) in [5.41, 5.74) is 2.25. The lowest BCUT2D eigenvalue weighted by Gasteiger charge is -2.19. The average Bonchev–Trinajstić information content (AvgIpc) is 2.27. The van der Waals surface area contributed by atoms with Crippen LogP contribution < -0.4 is 4.74 Å². The standard InChI is InChI=1S/C12H16O2/c1-2-11(13)9-5-6-12-10(8-9)4-3-7-14-12/h5-6,8,11,13H,2-4,7H2,1H3/t11-/m1/s1. The topological polar surface area (TPSA) is 29.5 Å². The van der Waals surface area contributed by atoms with E-state index in [1.807, 2.05) is 19.1 Å². The summed E-state index contributed by atoms with van der Waals surface area (Å²) in [4.78, 5) is 0. The summed E-state index contributed by atoms with van der Waals surface area (Å²) in [7, 11) is 0. The highest BCUT2D eigenvalue weighted by Gasteiger charge is 2.12. The number of benzene rings is 1. The number of aliphatic hydroxyl groups is 1. The third-order valence-electron chi connectivity index (χ3n) is 2.70. The van der Waals surface area contributed by atoms with E-state index < -0.39 is 0 Å². The van der Waals surface area contributed by atoms with Gasteiger partial charge in [-0.25, -0.2) is 0 Å². The molecule has 0 aromatic heterocycles. The van der Waals surface area contributed by atoms with E-state index in [1.54, 1.807) is 0 Å². The Hall–Kier alpha value is -1.02. The van der Waals surface area contributed by atoms with Crippen LogP contribution in [-0.4, -0.2) is 11.7 Å². The van der Waals surface area contributed by atoms with Gasteiger partial charge in [-0.15, -0.1) is 0 Å². The molecular weight excluding hydrogens is 176 g/mol. The number of rotatable bonds is 2. The zero-order valence-corrected chi connectivity index (χ0v) is 8.49. The van der Waals surface area contributed by atoms with Gasteiger partial charge in [-0.05, 0) is 42.5 Å². The van der Waals surface area contributed by atoms with Crippen molar-refractivity contribution in [3.63, 3.8) is 0 Å². The Morgan fingerprint density at radius 2 is 2.36 bits per heavy atom. The molecule has 2 heteroatoms. The molecule has 1 heterocycles. The van der Waals surface area contributed by atoms with Crippen LogP contribution in [0.5, 0.6) is 5.75 Å². The largest absolute Gasteiger partial charge is 0.493 e. The summed E-state index contributed by atoms with van der Waals surface area (Å²) < 4.78 is 5.51. The molecule has 2 rings (SSSR count). The molecule has 1 aromatic rings. The van der Waals surface area contributed by atoms with Crippen LogP contribution in [0.3, 0.4) is 0 Å². The van der Waals surface area contributed by atoms with Gasteiger partial charge in [-0.2, -0.15) is 0 Å². The second-order valence-corrected chi connectivity index (χ2v) is 3.74. The number of fused-ring (bicyclic) bond motifs is 1. The molecule has 1 aromatic carbocycles. The van der Waals surface area contributed by atoms with Crippen molar-refractivity contribution in [2.75, 3.05) is 6.61 Å². The van der Waals surface area contributed by atoms with Crippen LogP contribution in [0.4, 0.5) is 0 Å². The van der Waals surface area contributed by atoms with Gasteiger partial charge in [0.25, 0.3) is 0 Å². The summed E-state index contributed by atoms with van der Waals surface area (Å²) in [5.74, 6) is 0.989. The van der Waals surface area contributed by atoms with Crippen molar-refractivity contribution in [1.82, 2.24) is 0 Å². The predicted octanol–water partition coefficient (Wildman–Crippen LogP) is 2.46. The fourth-order valence-corrected chi connectivity index (χ4v) is 1.82. The van der Waals surface area contributed by atoms with E-state index in [2.05, 4.69) is 6.07 Å². The third-order valence-corrected chi connectivity index (χ3v) is 2.70. The normalized spacial score (nSPS) is 17.0. The number of ether oxygens (including phenoxy) is 1. The van der Waals surface area contributed by atoms with E-state index in [4.69, 9.17) is 4.74 Å². The lowest BCUT2D eigenvalue weighted by Crippen LogP contribution is -2.09. The summed E-state index contributed by atoms with van der Waals surface area (Å²) in [5, 5.41) is 9.69. The smallest absolute Gasteiger partial charge is 0.122 e. The molecular formula is C12H16O2. The van der Waals surface area contributed by atoms with E-state index in [-0.39, 0.29) is 6.10 Å². The minimum absolute atomic E-state index is 0.331. The fourth-order valence-electron chi connectivity index (χ4n) is 1.82. The quantitative estimate of drug-likeness (QED) is 0.780. The molecule has 0 fully saturated rings. The van der Waals surface area contributed by atoms with Crippen molar-refractivity contribution < 1.29 is 9.84 Å². The Labute approximate surface area is 84.5 Å². The molecule has 0 unspecified atom stereocenters. The highest BCUT2D eigenvalue weighted by molar-refractivity contribution is 5.39. The maximum Gasteiger partial charge on any atom is 0.122 e. The highest BCUT2D eigenvalue weighted by atomic mass is 16.5. The molecule has 0 saturated carbocycles. The molecule has 1 atom stereocenters. The van der Waals surface area contributed by atoms with E-state index in [0.29, 0.717) is 0 Å². The van der Waals surface area contributed by atoms with Gasteiger partial charge in [0.05, 0.1) is 12.7 Å². The van der Waals surface area contributed by atoms with Crippen molar-refractivity contribution in [3.8, 4) is 5.75 Å². The Morgan fingerprint density at radius 1 is 1.50 bits per heavy atom. The molecule has 1 N–H and O–H groups in total. The van der Waals surface area contributed by atoms with Gasteiger partial charge in [0.15, 0.2) is 0 Å². The number of hydrogen-bond acceptors (Lipinski definition) is 2. The van der Waals surface area contributed by atoms with Gasteiger partial charge in [0.2, 0.25) is 0 Å². The maximum absolute atomic E-state index is 9.69. The first-order valence-electron chi connectivity index (χ1n) is 5.25. The predicted molar refractivity (Wildman–Crippen MR) is 55.5 cm³/mol. The van der Waals surface area contributed by atoms with Crippen molar-refractivity contribution in [2.24, 2.45) is 0 Å². The zero-order valence-electron chi connectivity index (χ0n) is 8.49. The van der Waals surface area contributed by atoms with Gasteiger partial charge < -0.3 is 9.84 Å². The van der Waals surface area contributed by atoms with Crippen LogP contribution >= 0.6 is 0 Å². The molecule has 0 radical (unpaired) electrons. The van der Waals surface area contributed by atoms with Crippen LogP contribution in [0.25, 0.3) is 0 Å². The summed E-state index contributed by atoms with van der Waals surface area (Å²) >= 11 is 0. The van der Waals surface area contributed by atoms with Crippen LogP contribution in [0.1, 0.15) is 37.0 Å². The van der Waals surface area contributed by atoms with E-state index >= 15 is 0 Å². The first-order chi connectivity index (χ1) is 6.81.